The average Bonchev–Trinajstić information content (AvgIpc) is 3.54. The van der Waals surface area contributed by atoms with Gasteiger partial charge < -0.3 is 58.0 Å². The molecular weight excluding hydrogens is 574 g/mol. The van der Waals surface area contributed by atoms with E-state index in [9.17, 15) is 0 Å². The Balaban J connectivity index is -0.0000000290. The molecule has 3 rings (SSSR count). The Morgan fingerprint density at radius 1 is 0.515 bits per heavy atom. The second-order valence-electron chi connectivity index (χ2n) is 5.57. The van der Waals surface area contributed by atoms with Crippen LogP contribution in [0.3, 0.4) is 0 Å². The van der Waals surface area contributed by atoms with Crippen molar-refractivity contribution in [3.8, 4) is 0 Å². The van der Waals surface area contributed by atoms with E-state index in [-0.39, 0.29) is 102 Å². The first-order valence-corrected chi connectivity index (χ1v) is 10.3. The number of rotatable bonds is 3. The Kier molecular flexibility index (Phi) is 126. The van der Waals surface area contributed by atoms with Crippen molar-refractivity contribution in [1.82, 2.24) is 0 Å². The molecule has 186 valence electrons. The van der Waals surface area contributed by atoms with Crippen molar-refractivity contribution < 1.29 is 102 Å². The standard InChI is InChI=1S/3C5H5.3C4H9.3ClH.3Ti/c3*1-2-4-5-3-1;3*1-3-4-2;;;;;;/h3*1-3H,4H2;3*1,3-4H2,2H3;3*1H;;;/q6*-1;;;;3*+2/p-3. The van der Waals surface area contributed by atoms with E-state index in [1.54, 1.807) is 0 Å². The first-order valence-electron chi connectivity index (χ1n) is 10.3. The predicted octanol–water partition coefficient (Wildman–Crippen LogP) is -0.217. The zero-order valence-electron chi connectivity index (χ0n) is 20.8. The summed E-state index contributed by atoms with van der Waals surface area (Å²) in [5.74, 6) is 0. The molecule has 0 nitrogen and oxygen atoms in total. The van der Waals surface area contributed by atoms with Crippen molar-refractivity contribution >= 4 is 0 Å². The minimum Gasteiger partial charge on any atom is -1.00 e. The Labute approximate surface area is 272 Å². The van der Waals surface area contributed by atoms with Crippen LogP contribution in [0.15, 0.2) is 54.7 Å². The van der Waals surface area contributed by atoms with Gasteiger partial charge in [0.15, 0.2) is 0 Å². The van der Waals surface area contributed by atoms with Crippen LogP contribution in [-0.4, -0.2) is 0 Å². The molecule has 0 aromatic rings. The van der Waals surface area contributed by atoms with Gasteiger partial charge >= 0.3 is 65.2 Å². The van der Waals surface area contributed by atoms with Gasteiger partial charge in [0.2, 0.25) is 0 Å². The molecule has 6 heteroatoms. The van der Waals surface area contributed by atoms with Gasteiger partial charge in [0.05, 0.1) is 0 Å². The Bertz CT molecular complexity index is 319. The van der Waals surface area contributed by atoms with Crippen molar-refractivity contribution in [2.45, 2.75) is 78.6 Å². The molecule has 33 heavy (non-hydrogen) atoms. The molecule has 0 saturated heterocycles. The summed E-state index contributed by atoms with van der Waals surface area (Å²) in [7, 11) is 0. The largest absolute Gasteiger partial charge is 2.00 e. The molecule has 0 aromatic heterocycles. The molecule has 0 bridgehead atoms. The SMILES string of the molecule is [C-]1=CC=CC1.[C-]1=CC=CC1.[C-]1=CC=CC1.[CH2-]CCC.[CH2-]CCC.[CH2-]CCC.[Cl-].[Cl-].[Cl-].[Ti+2].[Ti+2].[Ti+2]. The first kappa shape index (κ1) is 59.5. The van der Waals surface area contributed by atoms with Gasteiger partial charge in [-0.1, -0.05) is 40.0 Å². The fourth-order valence-corrected chi connectivity index (χ4v) is 1.02. The molecule has 0 heterocycles. The van der Waals surface area contributed by atoms with Crippen molar-refractivity contribution in [3.05, 3.63) is 93.7 Å². The van der Waals surface area contributed by atoms with Gasteiger partial charge in [0.1, 0.15) is 0 Å². The van der Waals surface area contributed by atoms with E-state index in [0.717, 1.165) is 38.5 Å². The molecule has 0 atom stereocenters. The third-order valence-corrected chi connectivity index (χ3v) is 2.82. The molecule has 3 aliphatic carbocycles. The summed E-state index contributed by atoms with van der Waals surface area (Å²) in [6, 6.07) is 0. The molecule has 0 radical (unpaired) electrons. The van der Waals surface area contributed by atoms with Crippen LogP contribution >= 0.6 is 0 Å². The molecule has 3 aliphatic rings. The van der Waals surface area contributed by atoms with Gasteiger partial charge in [-0.3, -0.25) is 18.2 Å². The summed E-state index contributed by atoms with van der Waals surface area (Å²) in [6.07, 6.45) is 36.8. The van der Waals surface area contributed by atoms with E-state index in [2.05, 4.69) is 78.0 Å². The monoisotopic (exact) mass is 615 g/mol. The second-order valence-corrected chi connectivity index (χ2v) is 5.57. The average molecular weight is 617 g/mol. The Hall–Kier alpha value is 1.45. The molecule has 0 aromatic carbocycles. The van der Waals surface area contributed by atoms with Crippen LogP contribution < -0.4 is 37.2 Å². The van der Waals surface area contributed by atoms with Gasteiger partial charge in [0, 0.05) is 0 Å². The van der Waals surface area contributed by atoms with Gasteiger partial charge in [-0.2, -0.15) is 37.5 Å². The van der Waals surface area contributed by atoms with Gasteiger partial charge in [-0.15, -0.1) is 19.3 Å². The zero-order valence-corrected chi connectivity index (χ0v) is 27.8. The van der Waals surface area contributed by atoms with E-state index < -0.39 is 0 Å². The first-order chi connectivity index (χ1) is 13.2. The molecule has 0 fully saturated rings. The third-order valence-electron chi connectivity index (χ3n) is 2.82. The number of allylic oxidation sites excluding steroid dienone is 12. The molecular formula is C27H42Cl3Ti3-3. The van der Waals surface area contributed by atoms with Crippen molar-refractivity contribution in [1.29, 1.82) is 0 Å². The smallest absolute Gasteiger partial charge is 1.00 e. The van der Waals surface area contributed by atoms with Gasteiger partial charge in [0.25, 0.3) is 0 Å². The predicted molar refractivity (Wildman–Crippen MR) is 126 cm³/mol. The fourth-order valence-electron chi connectivity index (χ4n) is 1.02. The van der Waals surface area contributed by atoms with Gasteiger partial charge in [-0.05, 0) is 0 Å². The molecule has 0 aliphatic heterocycles. The second kappa shape index (κ2) is 69.9. The van der Waals surface area contributed by atoms with Crippen molar-refractivity contribution in [2.75, 3.05) is 0 Å². The summed E-state index contributed by atoms with van der Waals surface area (Å²) in [5, 5.41) is 0. The normalized spacial score (nSPS) is 10.7. The molecule has 0 saturated carbocycles. The fraction of sp³-hybridized carbons (Fsp3) is 0.444. The minimum atomic E-state index is 0. The number of halogens is 3. The maximum absolute atomic E-state index is 3.60. The van der Waals surface area contributed by atoms with Crippen LogP contribution in [-0.2, 0) is 65.2 Å². The van der Waals surface area contributed by atoms with Crippen LogP contribution in [0.1, 0.15) is 78.6 Å². The Morgan fingerprint density at radius 2 is 0.697 bits per heavy atom. The maximum atomic E-state index is 3.60. The number of hydrogen-bond acceptors (Lipinski definition) is 0. The van der Waals surface area contributed by atoms with Crippen LogP contribution in [0, 0.1) is 39.0 Å². The summed E-state index contributed by atoms with van der Waals surface area (Å²) in [5.41, 5.74) is 0. The maximum Gasteiger partial charge on any atom is 2.00 e. The summed E-state index contributed by atoms with van der Waals surface area (Å²) in [4.78, 5) is 0. The molecule has 0 spiro atoms. The van der Waals surface area contributed by atoms with Crippen LogP contribution in [0.25, 0.3) is 0 Å². The van der Waals surface area contributed by atoms with E-state index in [1.165, 1.54) is 19.3 Å². The zero-order chi connectivity index (χ0) is 20.8. The van der Waals surface area contributed by atoms with Crippen molar-refractivity contribution in [2.24, 2.45) is 0 Å². The number of unbranched alkanes of at least 4 members (excludes halogenated alkanes) is 3. The minimum absolute atomic E-state index is 0. The summed E-state index contributed by atoms with van der Waals surface area (Å²) in [6.45, 7) is 17.2. The third kappa shape index (κ3) is 87.5. The van der Waals surface area contributed by atoms with E-state index in [4.69, 9.17) is 0 Å². The van der Waals surface area contributed by atoms with Gasteiger partial charge in [-0.25, -0.2) is 36.5 Å². The van der Waals surface area contributed by atoms with E-state index >= 15 is 0 Å². The summed E-state index contributed by atoms with van der Waals surface area (Å²) >= 11 is 0. The van der Waals surface area contributed by atoms with E-state index in [0.29, 0.717) is 0 Å². The topological polar surface area (TPSA) is 0 Å². The molecule has 0 unspecified atom stereocenters. The Morgan fingerprint density at radius 3 is 0.727 bits per heavy atom. The quantitative estimate of drug-likeness (QED) is 0.304. The number of hydrogen-bond donors (Lipinski definition) is 0. The van der Waals surface area contributed by atoms with Crippen LogP contribution in [0.2, 0.25) is 0 Å². The van der Waals surface area contributed by atoms with E-state index in [1.807, 2.05) is 36.5 Å². The van der Waals surface area contributed by atoms with Crippen molar-refractivity contribution in [3.63, 3.8) is 0 Å². The van der Waals surface area contributed by atoms with Crippen LogP contribution in [0.4, 0.5) is 0 Å². The van der Waals surface area contributed by atoms with Crippen LogP contribution in [0.5, 0.6) is 0 Å². The molecule has 0 amide bonds. The summed E-state index contributed by atoms with van der Waals surface area (Å²) < 4.78 is 0. The molecule has 0 N–H and O–H groups in total.